The Hall–Kier alpha value is -0.670. The van der Waals surface area contributed by atoms with Crippen LogP contribution < -0.4 is 10.1 Å². The molecule has 0 aliphatic carbocycles. The van der Waals surface area contributed by atoms with E-state index >= 15 is 0 Å². The second kappa shape index (κ2) is 6.31. The SMILES string of the molecule is COc1cccc([C@@H](C)NC2CCCSC2)c1. The first-order chi connectivity index (χ1) is 8.29. The third-order valence-corrected chi connectivity index (χ3v) is 4.46. The van der Waals surface area contributed by atoms with E-state index in [4.69, 9.17) is 4.74 Å². The Morgan fingerprint density at radius 3 is 3.06 bits per heavy atom. The van der Waals surface area contributed by atoms with Gasteiger partial charge in [-0.2, -0.15) is 11.8 Å². The number of thioether (sulfide) groups is 1. The van der Waals surface area contributed by atoms with Crippen LogP contribution in [0, 0.1) is 0 Å². The molecule has 1 aromatic carbocycles. The number of benzene rings is 1. The summed E-state index contributed by atoms with van der Waals surface area (Å²) in [7, 11) is 1.72. The normalized spacial score (nSPS) is 22.1. The summed E-state index contributed by atoms with van der Waals surface area (Å²) in [6.45, 7) is 2.23. The van der Waals surface area contributed by atoms with Crippen LogP contribution >= 0.6 is 11.8 Å². The highest BCUT2D eigenvalue weighted by Crippen LogP contribution is 2.22. The van der Waals surface area contributed by atoms with Crippen molar-refractivity contribution >= 4 is 11.8 Å². The van der Waals surface area contributed by atoms with Crippen molar-refractivity contribution in [3.63, 3.8) is 0 Å². The van der Waals surface area contributed by atoms with Gasteiger partial charge in [-0.3, -0.25) is 0 Å². The fourth-order valence-corrected chi connectivity index (χ4v) is 3.32. The van der Waals surface area contributed by atoms with Crippen LogP contribution in [-0.2, 0) is 0 Å². The van der Waals surface area contributed by atoms with Gasteiger partial charge in [0.2, 0.25) is 0 Å². The fourth-order valence-electron chi connectivity index (χ4n) is 2.23. The molecule has 1 saturated heterocycles. The Kier molecular flexibility index (Phi) is 4.75. The van der Waals surface area contributed by atoms with E-state index in [1.165, 1.54) is 29.9 Å². The van der Waals surface area contributed by atoms with Gasteiger partial charge in [-0.05, 0) is 43.2 Å². The van der Waals surface area contributed by atoms with Crippen LogP contribution in [-0.4, -0.2) is 24.7 Å². The molecule has 3 heteroatoms. The van der Waals surface area contributed by atoms with E-state index in [0.717, 1.165) is 5.75 Å². The van der Waals surface area contributed by atoms with Crippen molar-refractivity contribution in [2.45, 2.75) is 31.8 Å². The molecule has 1 aliphatic heterocycles. The van der Waals surface area contributed by atoms with Crippen molar-refractivity contribution in [3.8, 4) is 5.75 Å². The molecular weight excluding hydrogens is 230 g/mol. The van der Waals surface area contributed by atoms with Crippen molar-refractivity contribution in [1.82, 2.24) is 5.32 Å². The van der Waals surface area contributed by atoms with Gasteiger partial charge in [0.15, 0.2) is 0 Å². The van der Waals surface area contributed by atoms with Crippen molar-refractivity contribution < 1.29 is 4.74 Å². The number of rotatable bonds is 4. The number of methoxy groups -OCH3 is 1. The molecule has 1 aliphatic rings. The zero-order valence-electron chi connectivity index (χ0n) is 10.6. The minimum Gasteiger partial charge on any atom is -0.497 e. The molecule has 1 N–H and O–H groups in total. The zero-order valence-corrected chi connectivity index (χ0v) is 11.4. The quantitative estimate of drug-likeness (QED) is 0.887. The average Bonchev–Trinajstić information content (AvgIpc) is 2.40. The summed E-state index contributed by atoms with van der Waals surface area (Å²) in [5.41, 5.74) is 1.31. The first-order valence-electron chi connectivity index (χ1n) is 6.27. The highest BCUT2D eigenvalue weighted by atomic mass is 32.2. The molecule has 0 spiro atoms. The monoisotopic (exact) mass is 251 g/mol. The number of ether oxygens (including phenoxy) is 1. The summed E-state index contributed by atoms with van der Waals surface area (Å²) in [5, 5.41) is 3.71. The lowest BCUT2D eigenvalue weighted by molar-refractivity contribution is 0.411. The van der Waals surface area contributed by atoms with Crippen molar-refractivity contribution in [2.75, 3.05) is 18.6 Å². The van der Waals surface area contributed by atoms with Crippen molar-refractivity contribution in [3.05, 3.63) is 29.8 Å². The lowest BCUT2D eigenvalue weighted by Crippen LogP contribution is -2.35. The van der Waals surface area contributed by atoms with E-state index in [2.05, 4.69) is 42.2 Å². The maximum absolute atomic E-state index is 5.26. The summed E-state index contributed by atoms with van der Waals surface area (Å²) in [4.78, 5) is 0. The summed E-state index contributed by atoms with van der Waals surface area (Å²) < 4.78 is 5.26. The predicted molar refractivity (Wildman–Crippen MR) is 74.9 cm³/mol. The van der Waals surface area contributed by atoms with Gasteiger partial charge in [-0.15, -0.1) is 0 Å². The molecule has 0 radical (unpaired) electrons. The Morgan fingerprint density at radius 2 is 2.35 bits per heavy atom. The molecule has 1 unspecified atom stereocenters. The van der Waals surface area contributed by atoms with Gasteiger partial charge in [0.25, 0.3) is 0 Å². The van der Waals surface area contributed by atoms with Crippen LogP contribution in [0.15, 0.2) is 24.3 Å². The molecule has 2 atom stereocenters. The fraction of sp³-hybridized carbons (Fsp3) is 0.571. The highest BCUT2D eigenvalue weighted by molar-refractivity contribution is 7.99. The lowest BCUT2D eigenvalue weighted by Gasteiger charge is -2.26. The van der Waals surface area contributed by atoms with E-state index in [1.807, 2.05) is 6.07 Å². The smallest absolute Gasteiger partial charge is 0.119 e. The minimum absolute atomic E-state index is 0.397. The minimum atomic E-state index is 0.397. The van der Waals surface area contributed by atoms with Crippen molar-refractivity contribution in [2.24, 2.45) is 0 Å². The first-order valence-corrected chi connectivity index (χ1v) is 7.43. The Morgan fingerprint density at radius 1 is 1.47 bits per heavy atom. The maximum atomic E-state index is 5.26. The third kappa shape index (κ3) is 3.65. The summed E-state index contributed by atoms with van der Waals surface area (Å²) >= 11 is 2.06. The molecule has 1 aromatic rings. The molecule has 2 rings (SSSR count). The Bertz CT molecular complexity index is 350. The van der Waals surface area contributed by atoms with Gasteiger partial charge in [0, 0.05) is 17.8 Å². The first kappa shape index (κ1) is 12.8. The topological polar surface area (TPSA) is 21.3 Å². The average molecular weight is 251 g/mol. The molecule has 1 fully saturated rings. The van der Waals surface area contributed by atoms with E-state index in [1.54, 1.807) is 7.11 Å². The van der Waals surface area contributed by atoms with Crippen LogP contribution in [0.1, 0.15) is 31.4 Å². The van der Waals surface area contributed by atoms with E-state index in [0.29, 0.717) is 12.1 Å². The molecular formula is C14H21NOS. The van der Waals surface area contributed by atoms with Gasteiger partial charge in [-0.1, -0.05) is 12.1 Å². The van der Waals surface area contributed by atoms with Gasteiger partial charge in [-0.25, -0.2) is 0 Å². The van der Waals surface area contributed by atoms with E-state index in [-0.39, 0.29) is 0 Å². The second-order valence-electron chi connectivity index (χ2n) is 4.58. The van der Waals surface area contributed by atoms with Gasteiger partial charge in [0.1, 0.15) is 5.75 Å². The highest BCUT2D eigenvalue weighted by Gasteiger charge is 2.16. The predicted octanol–water partition coefficient (Wildman–Crippen LogP) is 3.24. The van der Waals surface area contributed by atoms with Crippen LogP contribution in [0.2, 0.25) is 0 Å². The van der Waals surface area contributed by atoms with Gasteiger partial charge >= 0.3 is 0 Å². The molecule has 0 bridgehead atoms. The molecule has 17 heavy (non-hydrogen) atoms. The summed E-state index contributed by atoms with van der Waals surface area (Å²) in [5.74, 6) is 3.51. The molecule has 0 amide bonds. The largest absolute Gasteiger partial charge is 0.497 e. The second-order valence-corrected chi connectivity index (χ2v) is 5.73. The molecule has 2 nitrogen and oxygen atoms in total. The maximum Gasteiger partial charge on any atom is 0.119 e. The number of hydrogen-bond acceptors (Lipinski definition) is 3. The van der Waals surface area contributed by atoms with Crippen LogP contribution in [0.4, 0.5) is 0 Å². The standard InChI is InChI=1S/C14H21NOS/c1-11(15-13-6-4-8-17-10-13)12-5-3-7-14(9-12)16-2/h3,5,7,9,11,13,15H,4,6,8,10H2,1-2H3/t11-,13?/m1/s1. The van der Waals surface area contributed by atoms with Crippen LogP contribution in [0.5, 0.6) is 5.75 Å². The number of nitrogens with one attached hydrogen (secondary N) is 1. The molecule has 0 aromatic heterocycles. The Labute approximate surface area is 108 Å². The van der Waals surface area contributed by atoms with E-state index in [9.17, 15) is 0 Å². The molecule has 94 valence electrons. The molecule has 0 saturated carbocycles. The number of hydrogen-bond donors (Lipinski definition) is 1. The summed E-state index contributed by atoms with van der Waals surface area (Å²) in [6.07, 6.45) is 2.65. The Balaban J connectivity index is 1.95. The van der Waals surface area contributed by atoms with Crippen LogP contribution in [0.25, 0.3) is 0 Å². The van der Waals surface area contributed by atoms with Gasteiger partial charge < -0.3 is 10.1 Å². The van der Waals surface area contributed by atoms with Crippen molar-refractivity contribution in [1.29, 1.82) is 0 Å². The van der Waals surface area contributed by atoms with Crippen LogP contribution in [0.3, 0.4) is 0 Å². The zero-order chi connectivity index (χ0) is 12.1. The lowest BCUT2D eigenvalue weighted by atomic mass is 10.1. The van der Waals surface area contributed by atoms with E-state index < -0.39 is 0 Å². The van der Waals surface area contributed by atoms with Gasteiger partial charge in [0.05, 0.1) is 7.11 Å². The third-order valence-electron chi connectivity index (χ3n) is 3.24. The summed E-state index contributed by atoms with van der Waals surface area (Å²) in [6, 6.07) is 9.39. The molecule has 1 heterocycles.